The molecule has 0 bridgehead atoms. The number of aliphatic hydroxyl groups excluding tert-OH is 1. The monoisotopic (exact) mass is 270 g/mol. The van der Waals surface area contributed by atoms with Gasteiger partial charge in [-0.15, -0.1) is 0 Å². The van der Waals surface area contributed by atoms with Crippen LogP contribution in [0.25, 0.3) is 0 Å². The summed E-state index contributed by atoms with van der Waals surface area (Å²) >= 11 is 0. The van der Waals surface area contributed by atoms with E-state index in [1.807, 2.05) is 6.92 Å². The molecule has 1 saturated carbocycles. The molecule has 0 heterocycles. The molecule has 4 N–H and O–H groups in total. The third-order valence-electron chi connectivity index (χ3n) is 3.93. The number of rotatable bonds is 7. The van der Waals surface area contributed by atoms with Crippen LogP contribution >= 0.6 is 0 Å². The number of unbranched alkanes of at least 4 members (excludes halogenated alkanes) is 1. The number of hydrogen-bond donors (Lipinski definition) is 3. The molecule has 2 atom stereocenters. The number of hydrogen-bond acceptors (Lipinski definition) is 4. The maximum Gasteiger partial charge on any atom is 0.240 e. The average molecular weight is 270 g/mol. The lowest BCUT2D eigenvalue weighted by Gasteiger charge is -2.34. The zero-order chi connectivity index (χ0) is 14.3. The molecule has 0 aliphatic heterocycles. The van der Waals surface area contributed by atoms with Gasteiger partial charge in [0.2, 0.25) is 5.91 Å². The molecule has 1 rings (SSSR count). The van der Waals surface area contributed by atoms with Gasteiger partial charge in [0.05, 0.1) is 11.6 Å². The van der Waals surface area contributed by atoms with Gasteiger partial charge in [0.25, 0.3) is 0 Å². The first-order chi connectivity index (χ1) is 9.03. The van der Waals surface area contributed by atoms with Crippen LogP contribution in [0.5, 0.6) is 0 Å². The van der Waals surface area contributed by atoms with Crippen LogP contribution in [0.2, 0.25) is 0 Å². The average Bonchev–Trinajstić information content (AvgIpc) is 2.43. The van der Waals surface area contributed by atoms with Gasteiger partial charge in [-0.2, -0.15) is 0 Å². The third kappa shape index (κ3) is 4.58. The van der Waals surface area contributed by atoms with Crippen LogP contribution in [0.3, 0.4) is 0 Å². The van der Waals surface area contributed by atoms with Crippen LogP contribution in [0.1, 0.15) is 58.3 Å². The first-order valence-corrected chi connectivity index (χ1v) is 7.26. The minimum absolute atomic E-state index is 0.228. The van der Waals surface area contributed by atoms with E-state index in [-0.39, 0.29) is 5.91 Å². The number of nitrogens with one attached hydrogen (secondary N) is 1. The number of aliphatic hydroxyl groups is 1. The first kappa shape index (κ1) is 16.1. The number of aldehydes is 1. The van der Waals surface area contributed by atoms with Crippen molar-refractivity contribution in [1.82, 2.24) is 5.32 Å². The van der Waals surface area contributed by atoms with Crippen molar-refractivity contribution < 1.29 is 14.7 Å². The lowest BCUT2D eigenvalue weighted by molar-refractivity contribution is -0.130. The van der Waals surface area contributed by atoms with Crippen molar-refractivity contribution in [2.24, 2.45) is 5.73 Å². The van der Waals surface area contributed by atoms with Crippen molar-refractivity contribution >= 4 is 12.2 Å². The van der Waals surface area contributed by atoms with Crippen LogP contribution in [0.15, 0.2) is 0 Å². The molecule has 1 aliphatic rings. The summed E-state index contributed by atoms with van der Waals surface area (Å²) in [4.78, 5) is 23.0. The highest BCUT2D eigenvalue weighted by Crippen LogP contribution is 2.26. The molecule has 0 aromatic rings. The molecule has 0 saturated heterocycles. The van der Waals surface area contributed by atoms with E-state index in [0.717, 1.165) is 32.1 Å². The fourth-order valence-corrected chi connectivity index (χ4v) is 2.57. The van der Waals surface area contributed by atoms with E-state index in [1.165, 1.54) is 0 Å². The lowest BCUT2D eigenvalue weighted by Crippen LogP contribution is -2.58. The molecule has 19 heavy (non-hydrogen) atoms. The van der Waals surface area contributed by atoms with Gasteiger partial charge < -0.3 is 21.0 Å². The van der Waals surface area contributed by atoms with E-state index in [2.05, 4.69) is 5.32 Å². The zero-order valence-corrected chi connectivity index (χ0v) is 11.7. The maximum absolute atomic E-state index is 12.3. The van der Waals surface area contributed by atoms with Gasteiger partial charge in [-0.05, 0) is 19.3 Å². The Bertz CT molecular complexity index is 301. The van der Waals surface area contributed by atoms with Gasteiger partial charge in [-0.3, -0.25) is 4.79 Å². The molecular formula is C14H26N2O3. The molecule has 0 spiro atoms. The summed E-state index contributed by atoms with van der Waals surface area (Å²) in [6.45, 7) is 2.03. The van der Waals surface area contributed by atoms with Crippen molar-refractivity contribution in [2.75, 3.05) is 0 Å². The van der Waals surface area contributed by atoms with E-state index in [0.29, 0.717) is 25.5 Å². The Kier molecular flexibility index (Phi) is 6.45. The standard InChI is InChI=1S/C14H26N2O3/c1-2-3-7-11(12(18)10-17)16-13(19)14(15)8-5-4-6-9-14/h10-12,18H,2-9,15H2,1H3,(H,16,19)/t11-,12?/m0/s1. The van der Waals surface area contributed by atoms with Gasteiger partial charge in [0.15, 0.2) is 6.29 Å². The highest BCUT2D eigenvalue weighted by molar-refractivity contribution is 5.86. The predicted molar refractivity (Wildman–Crippen MR) is 73.5 cm³/mol. The molecule has 1 unspecified atom stereocenters. The topological polar surface area (TPSA) is 92.4 Å². The fourth-order valence-electron chi connectivity index (χ4n) is 2.57. The highest BCUT2D eigenvalue weighted by atomic mass is 16.3. The summed E-state index contributed by atoms with van der Waals surface area (Å²) in [5.74, 6) is -0.228. The van der Waals surface area contributed by atoms with Crippen molar-refractivity contribution in [1.29, 1.82) is 0 Å². The summed E-state index contributed by atoms with van der Waals surface area (Å²) in [6, 6.07) is -0.521. The number of carbonyl (C=O) groups excluding carboxylic acids is 2. The molecule has 0 aromatic heterocycles. The Labute approximate surface area is 114 Å². The molecule has 110 valence electrons. The largest absolute Gasteiger partial charge is 0.383 e. The maximum atomic E-state index is 12.3. The Morgan fingerprint density at radius 3 is 2.58 bits per heavy atom. The molecule has 5 nitrogen and oxygen atoms in total. The third-order valence-corrected chi connectivity index (χ3v) is 3.93. The normalized spacial score (nSPS) is 21.4. The van der Waals surface area contributed by atoms with Crippen LogP contribution in [-0.2, 0) is 9.59 Å². The highest BCUT2D eigenvalue weighted by Gasteiger charge is 2.37. The summed E-state index contributed by atoms with van der Waals surface area (Å²) < 4.78 is 0. The molecule has 1 aliphatic carbocycles. The van der Waals surface area contributed by atoms with Crippen molar-refractivity contribution in [2.45, 2.75) is 76.0 Å². The molecule has 5 heteroatoms. The van der Waals surface area contributed by atoms with Gasteiger partial charge in [0.1, 0.15) is 6.10 Å². The van der Waals surface area contributed by atoms with E-state index in [1.54, 1.807) is 0 Å². The summed E-state index contributed by atoms with van der Waals surface area (Å²) in [7, 11) is 0. The Morgan fingerprint density at radius 2 is 2.05 bits per heavy atom. The zero-order valence-electron chi connectivity index (χ0n) is 11.7. The molecule has 1 amide bonds. The van der Waals surface area contributed by atoms with Crippen molar-refractivity contribution in [3.8, 4) is 0 Å². The van der Waals surface area contributed by atoms with E-state index < -0.39 is 17.7 Å². The second-order valence-electron chi connectivity index (χ2n) is 5.57. The summed E-state index contributed by atoms with van der Waals surface area (Å²) in [5, 5.41) is 12.4. The Balaban J connectivity index is 2.61. The van der Waals surface area contributed by atoms with Gasteiger partial charge >= 0.3 is 0 Å². The minimum atomic E-state index is -1.15. The van der Waals surface area contributed by atoms with Crippen LogP contribution < -0.4 is 11.1 Å². The first-order valence-electron chi connectivity index (χ1n) is 7.26. The summed E-state index contributed by atoms with van der Waals surface area (Å²) in [5.41, 5.74) is 5.31. The second kappa shape index (κ2) is 7.60. The molecule has 0 aromatic carbocycles. The molecular weight excluding hydrogens is 244 g/mol. The van der Waals surface area contributed by atoms with E-state index in [4.69, 9.17) is 5.73 Å². The van der Waals surface area contributed by atoms with Gasteiger partial charge in [-0.25, -0.2) is 0 Å². The SMILES string of the molecule is CCCC[C@H](NC(=O)C1(N)CCCCC1)C(O)C=O. The minimum Gasteiger partial charge on any atom is -0.383 e. The van der Waals surface area contributed by atoms with Gasteiger partial charge in [0, 0.05) is 0 Å². The number of nitrogens with two attached hydrogens (primary N) is 1. The van der Waals surface area contributed by atoms with E-state index >= 15 is 0 Å². The Hall–Kier alpha value is -0.940. The lowest BCUT2D eigenvalue weighted by atomic mass is 9.81. The number of carbonyl (C=O) groups is 2. The smallest absolute Gasteiger partial charge is 0.240 e. The fraction of sp³-hybridized carbons (Fsp3) is 0.857. The summed E-state index contributed by atoms with van der Waals surface area (Å²) in [6.07, 6.45) is 6.11. The van der Waals surface area contributed by atoms with Crippen LogP contribution in [-0.4, -0.2) is 35.0 Å². The Morgan fingerprint density at radius 1 is 1.42 bits per heavy atom. The quantitative estimate of drug-likeness (QED) is 0.599. The molecule has 1 fully saturated rings. The van der Waals surface area contributed by atoms with Crippen LogP contribution in [0.4, 0.5) is 0 Å². The molecule has 0 radical (unpaired) electrons. The van der Waals surface area contributed by atoms with Crippen molar-refractivity contribution in [3.63, 3.8) is 0 Å². The van der Waals surface area contributed by atoms with Gasteiger partial charge in [-0.1, -0.05) is 39.0 Å². The second-order valence-corrected chi connectivity index (χ2v) is 5.57. The van der Waals surface area contributed by atoms with E-state index in [9.17, 15) is 14.7 Å². The predicted octanol–water partition coefficient (Wildman–Crippen LogP) is 0.883. The van der Waals surface area contributed by atoms with Crippen LogP contribution in [0, 0.1) is 0 Å². The number of amides is 1. The van der Waals surface area contributed by atoms with Crippen molar-refractivity contribution in [3.05, 3.63) is 0 Å².